The van der Waals surface area contributed by atoms with Gasteiger partial charge >= 0.3 is 5.97 Å². The second-order valence-electron chi connectivity index (χ2n) is 6.41. The van der Waals surface area contributed by atoms with E-state index < -0.39 is 17.8 Å². The zero-order chi connectivity index (χ0) is 20.7. The van der Waals surface area contributed by atoms with Crippen molar-refractivity contribution in [3.63, 3.8) is 0 Å². The normalized spacial score (nSPS) is 11.0. The van der Waals surface area contributed by atoms with E-state index in [1.54, 1.807) is 23.6 Å². The van der Waals surface area contributed by atoms with E-state index in [1.807, 2.05) is 25.1 Å². The molecular weight excluding hydrogens is 459 g/mol. The minimum Gasteiger partial charge on any atom is -0.478 e. The number of hydrogen-bond acceptors (Lipinski definition) is 3. The number of amides is 1. The summed E-state index contributed by atoms with van der Waals surface area (Å²) in [4.78, 5) is 25.1. The molecule has 0 aliphatic rings. The molecule has 4 rings (SSSR count). The van der Waals surface area contributed by atoms with Gasteiger partial charge in [-0.15, -0.1) is 11.3 Å². The third kappa shape index (κ3) is 3.45. The van der Waals surface area contributed by atoms with Gasteiger partial charge in [0, 0.05) is 16.0 Å². The number of carboxylic acid groups (broad SMARTS) is 1. The van der Waals surface area contributed by atoms with E-state index in [0.29, 0.717) is 16.0 Å². The number of nitrogens with zero attached hydrogens (tertiary/aromatic N) is 1. The van der Waals surface area contributed by atoms with Crippen LogP contribution in [0.1, 0.15) is 26.3 Å². The van der Waals surface area contributed by atoms with Crippen molar-refractivity contribution in [1.29, 1.82) is 0 Å². The van der Waals surface area contributed by atoms with Crippen molar-refractivity contribution in [1.82, 2.24) is 4.40 Å². The number of carbonyl (C=O) groups is 2. The molecule has 3 aromatic heterocycles. The molecule has 0 aliphatic heterocycles. The van der Waals surface area contributed by atoms with Crippen LogP contribution in [0.15, 0.2) is 58.5 Å². The minimum absolute atomic E-state index is 0.0222. The van der Waals surface area contributed by atoms with Gasteiger partial charge in [0.05, 0.1) is 21.6 Å². The van der Waals surface area contributed by atoms with Crippen LogP contribution in [0, 0.1) is 12.9 Å². The Balaban J connectivity index is 1.72. The second kappa shape index (κ2) is 7.46. The van der Waals surface area contributed by atoms with Gasteiger partial charge in [-0.05, 0) is 42.3 Å². The van der Waals surface area contributed by atoms with Crippen LogP contribution in [0.5, 0.6) is 0 Å². The van der Waals surface area contributed by atoms with Crippen molar-refractivity contribution in [3.8, 4) is 10.4 Å². The number of aromatic carboxylic acids is 1. The standard InChI is InChI=1S/C21H14BrFN2O3S/c1-11-3-2-8-25-16(11)9-14(19(25)23)20(26)24-15-10-29-18(17(15)21(27)28)12-4-6-13(22)7-5-12/h2-10H,1H3,(H,24,26)(H,27,28). The molecule has 2 N–H and O–H groups in total. The Bertz CT molecular complexity index is 1260. The first kappa shape index (κ1) is 19.4. The first-order chi connectivity index (χ1) is 13.9. The van der Waals surface area contributed by atoms with E-state index in [9.17, 15) is 19.1 Å². The van der Waals surface area contributed by atoms with Gasteiger partial charge in [-0.2, -0.15) is 4.39 Å². The molecule has 0 fully saturated rings. The number of aromatic nitrogens is 1. The van der Waals surface area contributed by atoms with Crippen molar-refractivity contribution in [2.45, 2.75) is 6.92 Å². The molecule has 1 amide bonds. The van der Waals surface area contributed by atoms with Crippen LogP contribution in [-0.4, -0.2) is 21.4 Å². The fourth-order valence-electron chi connectivity index (χ4n) is 3.13. The molecule has 4 aromatic rings. The fraction of sp³-hybridized carbons (Fsp3) is 0.0476. The van der Waals surface area contributed by atoms with Crippen LogP contribution in [0.3, 0.4) is 0 Å². The van der Waals surface area contributed by atoms with Crippen molar-refractivity contribution >= 4 is 50.3 Å². The van der Waals surface area contributed by atoms with E-state index in [-0.39, 0.29) is 16.8 Å². The van der Waals surface area contributed by atoms with Crippen LogP contribution in [0.4, 0.5) is 10.1 Å². The maximum Gasteiger partial charge on any atom is 0.339 e. The SMILES string of the molecule is Cc1cccn2c(F)c(C(=O)Nc3csc(-c4ccc(Br)cc4)c3C(=O)O)cc12. The van der Waals surface area contributed by atoms with E-state index in [4.69, 9.17) is 0 Å². The molecule has 0 atom stereocenters. The third-order valence-electron chi connectivity index (χ3n) is 4.56. The number of nitrogens with one attached hydrogen (secondary N) is 1. The highest BCUT2D eigenvalue weighted by Gasteiger charge is 2.24. The number of fused-ring (bicyclic) bond motifs is 1. The largest absolute Gasteiger partial charge is 0.478 e. The molecule has 0 aliphatic carbocycles. The minimum atomic E-state index is -1.17. The van der Waals surface area contributed by atoms with E-state index in [0.717, 1.165) is 10.0 Å². The summed E-state index contributed by atoms with van der Waals surface area (Å²) in [6.45, 7) is 1.82. The number of rotatable bonds is 4. The molecular formula is C21H14BrFN2O3S. The lowest BCUT2D eigenvalue weighted by Crippen LogP contribution is -2.15. The first-order valence-electron chi connectivity index (χ1n) is 8.55. The van der Waals surface area contributed by atoms with Gasteiger partial charge in [0.25, 0.3) is 5.91 Å². The maximum absolute atomic E-state index is 14.7. The molecule has 0 spiro atoms. The second-order valence-corrected chi connectivity index (χ2v) is 8.21. The predicted octanol–water partition coefficient (Wildman–Crippen LogP) is 5.83. The van der Waals surface area contributed by atoms with Gasteiger partial charge in [0.2, 0.25) is 5.95 Å². The number of carboxylic acids is 1. The van der Waals surface area contributed by atoms with Crippen LogP contribution < -0.4 is 5.32 Å². The lowest BCUT2D eigenvalue weighted by atomic mass is 10.1. The Labute approximate surface area is 177 Å². The number of thiophene rings is 1. The summed E-state index contributed by atoms with van der Waals surface area (Å²) in [5, 5.41) is 13.8. The Morgan fingerprint density at radius 2 is 1.93 bits per heavy atom. The van der Waals surface area contributed by atoms with E-state index in [1.165, 1.54) is 28.0 Å². The summed E-state index contributed by atoms with van der Waals surface area (Å²) in [7, 11) is 0. The summed E-state index contributed by atoms with van der Waals surface area (Å²) < 4.78 is 16.9. The zero-order valence-corrected chi connectivity index (χ0v) is 17.5. The average molecular weight is 473 g/mol. The van der Waals surface area contributed by atoms with Crippen LogP contribution in [-0.2, 0) is 0 Å². The summed E-state index contributed by atoms with van der Waals surface area (Å²) in [5.74, 6) is -2.56. The maximum atomic E-state index is 14.7. The predicted molar refractivity (Wildman–Crippen MR) is 114 cm³/mol. The Morgan fingerprint density at radius 3 is 2.59 bits per heavy atom. The Morgan fingerprint density at radius 1 is 1.21 bits per heavy atom. The number of carbonyl (C=O) groups excluding carboxylic acids is 1. The number of hydrogen-bond donors (Lipinski definition) is 2. The topological polar surface area (TPSA) is 70.8 Å². The van der Waals surface area contributed by atoms with Crippen molar-refractivity contribution in [2.75, 3.05) is 5.32 Å². The van der Waals surface area contributed by atoms with Crippen molar-refractivity contribution in [3.05, 3.63) is 81.2 Å². The van der Waals surface area contributed by atoms with Crippen LogP contribution in [0.25, 0.3) is 16.0 Å². The highest BCUT2D eigenvalue weighted by Crippen LogP contribution is 2.37. The van der Waals surface area contributed by atoms with Gasteiger partial charge < -0.3 is 10.4 Å². The molecule has 5 nitrogen and oxygen atoms in total. The van der Waals surface area contributed by atoms with E-state index >= 15 is 0 Å². The highest BCUT2D eigenvalue weighted by molar-refractivity contribution is 9.10. The molecule has 8 heteroatoms. The van der Waals surface area contributed by atoms with Gasteiger partial charge in [0.15, 0.2) is 0 Å². The lowest BCUT2D eigenvalue weighted by Gasteiger charge is -2.06. The molecule has 0 bridgehead atoms. The molecule has 0 radical (unpaired) electrons. The fourth-order valence-corrected chi connectivity index (χ4v) is 4.40. The molecule has 0 unspecified atom stereocenters. The van der Waals surface area contributed by atoms with Gasteiger partial charge in [0.1, 0.15) is 5.56 Å². The smallest absolute Gasteiger partial charge is 0.339 e. The summed E-state index contributed by atoms with van der Waals surface area (Å²) >= 11 is 4.55. The molecule has 0 saturated carbocycles. The molecule has 29 heavy (non-hydrogen) atoms. The highest BCUT2D eigenvalue weighted by atomic mass is 79.9. The van der Waals surface area contributed by atoms with Crippen molar-refractivity contribution in [2.24, 2.45) is 0 Å². The number of halogens is 2. The number of pyridine rings is 1. The van der Waals surface area contributed by atoms with Crippen LogP contribution >= 0.6 is 27.3 Å². The molecule has 146 valence electrons. The monoisotopic (exact) mass is 472 g/mol. The number of benzene rings is 1. The quantitative estimate of drug-likeness (QED) is 0.392. The summed E-state index contributed by atoms with van der Waals surface area (Å²) in [6.07, 6.45) is 1.54. The van der Waals surface area contributed by atoms with Crippen molar-refractivity contribution < 1.29 is 19.1 Å². The lowest BCUT2D eigenvalue weighted by molar-refractivity contribution is 0.0699. The average Bonchev–Trinajstić information content (AvgIpc) is 3.25. The first-order valence-corrected chi connectivity index (χ1v) is 10.2. The summed E-state index contributed by atoms with van der Waals surface area (Å²) in [5.41, 5.74) is 2.08. The van der Waals surface area contributed by atoms with E-state index in [2.05, 4.69) is 21.2 Å². The van der Waals surface area contributed by atoms with Gasteiger partial charge in [-0.1, -0.05) is 34.1 Å². The van der Waals surface area contributed by atoms with Crippen LogP contribution in [0.2, 0.25) is 0 Å². The summed E-state index contributed by atoms with van der Waals surface area (Å²) in [6, 6.07) is 12.2. The number of anilines is 1. The number of aryl methyl sites for hydroxylation is 1. The molecule has 3 heterocycles. The van der Waals surface area contributed by atoms with Gasteiger partial charge in [-0.3, -0.25) is 9.20 Å². The third-order valence-corrected chi connectivity index (χ3v) is 6.12. The Kier molecular flexibility index (Phi) is 4.97. The van der Waals surface area contributed by atoms with Gasteiger partial charge in [-0.25, -0.2) is 4.79 Å². The molecule has 0 saturated heterocycles. The molecule has 1 aromatic carbocycles. The Hall–Kier alpha value is -2.97. The zero-order valence-electron chi connectivity index (χ0n) is 15.1.